The van der Waals surface area contributed by atoms with Crippen LogP contribution >= 0.6 is 0 Å². The van der Waals surface area contributed by atoms with E-state index in [0.717, 1.165) is 31.0 Å². The molecule has 1 aromatic heterocycles. The van der Waals surface area contributed by atoms with Crippen molar-refractivity contribution in [3.05, 3.63) is 83.2 Å². The summed E-state index contributed by atoms with van der Waals surface area (Å²) in [5.41, 5.74) is 0.703. The Morgan fingerprint density at radius 3 is 2.27 bits per heavy atom. The third-order valence-electron chi connectivity index (χ3n) is 6.05. The molecule has 3 aromatic rings. The van der Waals surface area contributed by atoms with Crippen molar-refractivity contribution in [2.24, 2.45) is 11.8 Å². The van der Waals surface area contributed by atoms with Gasteiger partial charge in [-0.2, -0.15) is 13.2 Å². The van der Waals surface area contributed by atoms with Crippen molar-refractivity contribution in [2.45, 2.75) is 45.9 Å². The number of benzene rings is 2. The lowest BCUT2D eigenvalue weighted by molar-refractivity contribution is -0.142. The highest BCUT2D eigenvalue weighted by molar-refractivity contribution is 5.89. The number of ether oxygens (including phenoxy) is 1. The number of hydrogen-bond acceptors (Lipinski definition) is 6. The van der Waals surface area contributed by atoms with E-state index in [1.807, 2.05) is 37.3 Å². The molecule has 7 nitrogen and oxygen atoms in total. The van der Waals surface area contributed by atoms with Crippen LogP contribution in [0.25, 0.3) is 0 Å². The van der Waals surface area contributed by atoms with Crippen LogP contribution in [0.4, 0.5) is 24.8 Å². The largest absolute Gasteiger partial charge is 0.481 e. The van der Waals surface area contributed by atoms with Crippen LogP contribution in [-0.2, 0) is 22.3 Å². The number of alkyl halides is 3. The summed E-state index contributed by atoms with van der Waals surface area (Å²) in [5.74, 6) is -0.700. The highest BCUT2D eigenvalue weighted by atomic mass is 19.4. The summed E-state index contributed by atoms with van der Waals surface area (Å²) in [6.45, 7) is 3.45. The van der Waals surface area contributed by atoms with E-state index in [1.165, 1.54) is 6.92 Å². The average Bonchev–Trinajstić information content (AvgIpc) is 3.29. The third kappa shape index (κ3) is 8.03. The number of esters is 1. The van der Waals surface area contributed by atoms with E-state index in [-0.39, 0.29) is 24.2 Å². The molecule has 1 fully saturated rings. The number of anilines is 2. The fourth-order valence-electron chi connectivity index (χ4n) is 3.94. The van der Waals surface area contributed by atoms with Crippen LogP contribution in [-0.4, -0.2) is 27.0 Å². The van der Waals surface area contributed by atoms with Gasteiger partial charge in [0.2, 0.25) is 5.95 Å². The van der Waals surface area contributed by atoms with E-state index in [4.69, 9.17) is 9.84 Å². The van der Waals surface area contributed by atoms with Crippen molar-refractivity contribution >= 4 is 23.6 Å². The van der Waals surface area contributed by atoms with E-state index in [1.54, 1.807) is 24.3 Å². The van der Waals surface area contributed by atoms with Crippen molar-refractivity contribution in [2.75, 3.05) is 5.32 Å². The SMILES string of the molecule is C[C@@H]1CCCC1C(=O)O.Cc1nc(Nc2ccc(C(=O)OCc3ccccc3)cc2)ncc1C(F)(F)F. The second-order valence-corrected chi connectivity index (χ2v) is 8.81. The molecule has 1 aliphatic carbocycles. The summed E-state index contributed by atoms with van der Waals surface area (Å²) >= 11 is 0. The number of nitrogens with zero attached hydrogens (tertiary/aromatic N) is 2. The highest BCUT2D eigenvalue weighted by Crippen LogP contribution is 2.31. The molecule has 0 bridgehead atoms. The molecule has 1 aliphatic rings. The van der Waals surface area contributed by atoms with Gasteiger partial charge < -0.3 is 15.2 Å². The first kappa shape index (κ1) is 27.6. The van der Waals surface area contributed by atoms with Gasteiger partial charge in [-0.3, -0.25) is 4.79 Å². The molecule has 4 rings (SSSR count). The lowest BCUT2D eigenvalue weighted by Crippen LogP contribution is -2.15. The van der Waals surface area contributed by atoms with Crippen LogP contribution in [0.3, 0.4) is 0 Å². The maximum absolute atomic E-state index is 12.8. The van der Waals surface area contributed by atoms with Crippen LogP contribution < -0.4 is 5.32 Å². The predicted molar refractivity (Wildman–Crippen MR) is 131 cm³/mol. The molecule has 2 aromatic carbocycles. The fourth-order valence-corrected chi connectivity index (χ4v) is 3.94. The summed E-state index contributed by atoms with van der Waals surface area (Å²) in [5, 5.41) is 11.4. The molecule has 0 spiro atoms. The Morgan fingerprint density at radius 2 is 1.76 bits per heavy atom. The number of nitrogens with one attached hydrogen (secondary N) is 1. The zero-order valence-electron chi connectivity index (χ0n) is 20.5. The molecule has 2 N–H and O–H groups in total. The van der Waals surface area contributed by atoms with Crippen molar-refractivity contribution in [1.82, 2.24) is 9.97 Å². The monoisotopic (exact) mass is 515 g/mol. The molecule has 1 unspecified atom stereocenters. The Bertz CT molecular complexity index is 1200. The maximum atomic E-state index is 12.8. The number of carbonyl (C=O) groups excluding carboxylic acids is 1. The lowest BCUT2D eigenvalue weighted by atomic mass is 9.99. The van der Waals surface area contributed by atoms with Crippen LogP contribution in [0.15, 0.2) is 60.8 Å². The summed E-state index contributed by atoms with van der Waals surface area (Å²) < 4.78 is 43.5. The first-order valence-electron chi connectivity index (χ1n) is 11.8. The number of rotatable bonds is 6. The highest BCUT2D eigenvalue weighted by Gasteiger charge is 2.33. The normalized spacial score (nSPS) is 16.9. The van der Waals surface area contributed by atoms with Crippen LogP contribution in [0.1, 0.15) is 53.4 Å². The van der Waals surface area contributed by atoms with Crippen molar-refractivity contribution in [3.63, 3.8) is 0 Å². The number of aryl methyl sites for hydroxylation is 1. The molecule has 37 heavy (non-hydrogen) atoms. The fraction of sp³-hybridized carbons (Fsp3) is 0.333. The molecule has 0 amide bonds. The summed E-state index contributed by atoms with van der Waals surface area (Å²) in [4.78, 5) is 30.0. The second-order valence-electron chi connectivity index (χ2n) is 8.81. The third-order valence-corrected chi connectivity index (χ3v) is 6.05. The number of carboxylic acids is 1. The van der Waals surface area contributed by atoms with Crippen LogP contribution in [0.2, 0.25) is 0 Å². The molecule has 1 heterocycles. The van der Waals surface area contributed by atoms with E-state index in [9.17, 15) is 22.8 Å². The van der Waals surface area contributed by atoms with Gasteiger partial charge in [0.1, 0.15) is 6.61 Å². The summed E-state index contributed by atoms with van der Waals surface area (Å²) in [6.07, 6.45) is -0.685. The standard InChI is InChI=1S/C20H16F3N3O2.C7H12O2/c1-13-17(20(21,22)23)11-24-19(25-13)26-16-9-7-15(8-10-16)18(27)28-12-14-5-3-2-4-6-14;1-5-3-2-4-6(5)7(8)9/h2-11H,12H2,1H3,(H,24,25,26);5-6H,2-4H2,1H3,(H,8,9)/t;5-,6?/m.1/s1. The minimum absolute atomic E-state index is 0.0323. The van der Waals surface area contributed by atoms with E-state index >= 15 is 0 Å². The number of carbonyl (C=O) groups is 2. The second kappa shape index (κ2) is 12.3. The van der Waals surface area contributed by atoms with Gasteiger partial charge in [-0.1, -0.05) is 43.7 Å². The van der Waals surface area contributed by atoms with Gasteiger partial charge in [-0.25, -0.2) is 14.8 Å². The van der Waals surface area contributed by atoms with Crippen molar-refractivity contribution in [3.8, 4) is 0 Å². The first-order valence-corrected chi connectivity index (χ1v) is 11.8. The molecule has 196 valence electrons. The number of hydrogen-bond donors (Lipinski definition) is 2. The Balaban J connectivity index is 0.000000356. The molecule has 0 aliphatic heterocycles. The zero-order chi connectivity index (χ0) is 27.0. The Labute approximate surface area is 212 Å². The van der Waals surface area contributed by atoms with E-state index < -0.39 is 23.7 Å². The first-order chi connectivity index (χ1) is 17.5. The number of aliphatic carboxylic acids is 1. The van der Waals surface area contributed by atoms with Gasteiger partial charge in [0, 0.05) is 11.9 Å². The predicted octanol–water partition coefficient (Wildman–Crippen LogP) is 6.41. The smallest absolute Gasteiger partial charge is 0.419 e. The maximum Gasteiger partial charge on any atom is 0.419 e. The quantitative estimate of drug-likeness (QED) is 0.366. The van der Waals surface area contributed by atoms with Crippen LogP contribution in [0, 0.1) is 18.8 Å². The number of carboxylic acid groups (broad SMARTS) is 1. The lowest BCUT2D eigenvalue weighted by Gasteiger charge is -2.11. The molecule has 10 heteroatoms. The summed E-state index contributed by atoms with van der Waals surface area (Å²) in [6, 6.07) is 15.6. The van der Waals surface area contributed by atoms with Crippen LogP contribution in [0.5, 0.6) is 0 Å². The van der Waals surface area contributed by atoms with Gasteiger partial charge in [0.25, 0.3) is 0 Å². The minimum atomic E-state index is -4.50. The van der Waals surface area contributed by atoms with Gasteiger partial charge in [0.05, 0.1) is 22.7 Å². The average molecular weight is 516 g/mol. The molecular weight excluding hydrogens is 487 g/mol. The van der Waals surface area contributed by atoms with E-state index in [0.29, 0.717) is 17.2 Å². The molecular formula is C27H28F3N3O4. The molecule has 0 saturated heterocycles. The topological polar surface area (TPSA) is 101 Å². The minimum Gasteiger partial charge on any atom is -0.481 e. The van der Waals surface area contributed by atoms with Crippen molar-refractivity contribution in [1.29, 1.82) is 0 Å². The Hall–Kier alpha value is -3.95. The Kier molecular flexibility index (Phi) is 9.21. The van der Waals surface area contributed by atoms with Crippen molar-refractivity contribution < 1.29 is 32.6 Å². The molecule has 1 saturated carbocycles. The van der Waals surface area contributed by atoms with Gasteiger partial charge in [0.15, 0.2) is 0 Å². The summed E-state index contributed by atoms with van der Waals surface area (Å²) in [7, 11) is 0. The van der Waals surface area contributed by atoms with Gasteiger partial charge in [-0.05, 0) is 55.5 Å². The number of halogens is 3. The zero-order valence-corrected chi connectivity index (χ0v) is 20.5. The van der Waals surface area contributed by atoms with Gasteiger partial charge in [-0.15, -0.1) is 0 Å². The number of aromatic nitrogens is 2. The molecule has 0 radical (unpaired) electrons. The Morgan fingerprint density at radius 1 is 1.08 bits per heavy atom. The molecule has 2 atom stereocenters. The van der Waals surface area contributed by atoms with E-state index in [2.05, 4.69) is 15.3 Å². The van der Waals surface area contributed by atoms with Gasteiger partial charge >= 0.3 is 18.1 Å².